The fraction of sp³-hybridized carbons (Fsp3) is 0.467. The number of carbonyl (C=O) groups is 2. The molecule has 0 saturated carbocycles. The van der Waals surface area contributed by atoms with Crippen molar-refractivity contribution in [2.75, 3.05) is 13.1 Å². The number of rotatable bonds is 7. The van der Waals surface area contributed by atoms with E-state index >= 15 is 0 Å². The van der Waals surface area contributed by atoms with Crippen molar-refractivity contribution in [1.82, 2.24) is 5.32 Å². The van der Waals surface area contributed by atoms with Crippen molar-refractivity contribution >= 4 is 11.9 Å². The van der Waals surface area contributed by atoms with Crippen LogP contribution in [0.5, 0.6) is 0 Å². The van der Waals surface area contributed by atoms with Gasteiger partial charge < -0.3 is 21.9 Å². The lowest BCUT2D eigenvalue weighted by molar-refractivity contribution is -0.141. The van der Waals surface area contributed by atoms with Gasteiger partial charge in [0.1, 0.15) is 6.04 Å². The van der Waals surface area contributed by atoms with Crippen LogP contribution in [0.25, 0.3) is 0 Å². The molecule has 21 heavy (non-hydrogen) atoms. The van der Waals surface area contributed by atoms with E-state index in [1.54, 1.807) is 0 Å². The highest BCUT2D eigenvalue weighted by Crippen LogP contribution is 2.00. The summed E-state index contributed by atoms with van der Waals surface area (Å²) in [4.78, 5) is 21.5. The van der Waals surface area contributed by atoms with Crippen molar-refractivity contribution in [3.8, 4) is 0 Å². The molecule has 1 atom stereocenters. The lowest BCUT2D eigenvalue weighted by Gasteiger charge is -2.13. The van der Waals surface area contributed by atoms with Crippen LogP contribution in [0.2, 0.25) is 0 Å². The Kier molecular flexibility index (Phi) is 10.8. The van der Waals surface area contributed by atoms with Crippen LogP contribution in [0.3, 0.4) is 0 Å². The van der Waals surface area contributed by atoms with Crippen LogP contribution in [0.15, 0.2) is 30.3 Å². The van der Waals surface area contributed by atoms with Gasteiger partial charge in [-0.15, -0.1) is 0 Å². The predicted octanol–water partition coefficient (Wildman–Crippen LogP) is 0.639. The number of amides is 1. The van der Waals surface area contributed by atoms with E-state index in [0.717, 1.165) is 6.42 Å². The number of carboxylic acids is 1. The molecule has 1 rings (SSSR count). The third-order valence-corrected chi connectivity index (χ3v) is 2.71. The van der Waals surface area contributed by atoms with Gasteiger partial charge in [-0.2, -0.15) is 0 Å². The molecule has 0 aliphatic heterocycles. The zero-order valence-electron chi connectivity index (χ0n) is 12.4. The fourth-order valence-corrected chi connectivity index (χ4v) is 1.54. The van der Waals surface area contributed by atoms with Gasteiger partial charge in [-0.3, -0.25) is 4.79 Å². The molecule has 0 aliphatic carbocycles. The van der Waals surface area contributed by atoms with E-state index in [-0.39, 0.29) is 6.54 Å². The number of unbranched alkanes of at least 4 members (excludes halogenated alkanes) is 1. The monoisotopic (exact) mass is 295 g/mol. The second kappa shape index (κ2) is 11.9. The van der Waals surface area contributed by atoms with Crippen molar-refractivity contribution in [2.24, 2.45) is 11.5 Å². The maximum Gasteiger partial charge on any atom is 0.326 e. The van der Waals surface area contributed by atoms with Gasteiger partial charge in [0.25, 0.3) is 0 Å². The molecular weight excluding hydrogens is 270 g/mol. The van der Waals surface area contributed by atoms with Crippen LogP contribution in [0.4, 0.5) is 0 Å². The third-order valence-electron chi connectivity index (χ3n) is 2.71. The summed E-state index contributed by atoms with van der Waals surface area (Å²) in [6, 6.07) is 9.41. The van der Waals surface area contributed by atoms with Crippen molar-refractivity contribution in [3.63, 3.8) is 0 Å². The van der Waals surface area contributed by atoms with Crippen molar-refractivity contribution in [2.45, 2.75) is 32.2 Å². The molecule has 1 amide bonds. The molecule has 0 radical (unpaired) electrons. The van der Waals surface area contributed by atoms with Gasteiger partial charge in [0.05, 0.1) is 6.54 Å². The maximum absolute atomic E-state index is 10.8. The van der Waals surface area contributed by atoms with Crippen LogP contribution >= 0.6 is 0 Å². The van der Waals surface area contributed by atoms with E-state index in [9.17, 15) is 9.59 Å². The number of hydrogen-bond donors (Lipinski definition) is 4. The van der Waals surface area contributed by atoms with Gasteiger partial charge in [-0.05, 0) is 32.7 Å². The first-order chi connectivity index (χ1) is 10.0. The summed E-state index contributed by atoms with van der Waals surface area (Å²) >= 11 is 0. The van der Waals surface area contributed by atoms with Crippen LogP contribution in [0.1, 0.15) is 24.8 Å². The number of carbonyl (C=O) groups excluding carboxylic acids is 1. The zero-order valence-corrected chi connectivity index (χ0v) is 12.4. The van der Waals surface area contributed by atoms with E-state index in [1.807, 2.05) is 18.2 Å². The molecular formula is C15H25N3O3. The molecule has 0 fully saturated rings. The molecule has 0 heterocycles. The summed E-state index contributed by atoms with van der Waals surface area (Å²) in [6.45, 7) is 2.41. The Hall–Kier alpha value is -1.92. The summed E-state index contributed by atoms with van der Waals surface area (Å²) in [5.41, 5.74) is 11.6. The average molecular weight is 295 g/mol. The summed E-state index contributed by atoms with van der Waals surface area (Å²) in [5.74, 6) is -1.49. The number of nitrogens with one attached hydrogen (secondary N) is 1. The van der Waals surface area contributed by atoms with Crippen LogP contribution in [-0.2, 0) is 9.59 Å². The topological polar surface area (TPSA) is 118 Å². The fourth-order valence-electron chi connectivity index (χ4n) is 1.54. The lowest BCUT2D eigenvalue weighted by Crippen LogP contribution is -2.43. The number of aliphatic carboxylic acids is 1. The highest BCUT2D eigenvalue weighted by Gasteiger charge is 2.18. The van der Waals surface area contributed by atoms with Gasteiger partial charge >= 0.3 is 5.97 Å². The van der Waals surface area contributed by atoms with Crippen molar-refractivity contribution in [3.05, 3.63) is 35.9 Å². The van der Waals surface area contributed by atoms with E-state index in [1.165, 1.54) is 5.56 Å². The second-order valence-corrected chi connectivity index (χ2v) is 4.60. The molecule has 0 bridgehead atoms. The minimum Gasteiger partial charge on any atom is -0.480 e. The molecule has 6 heteroatoms. The van der Waals surface area contributed by atoms with Crippen LogP contribution in [0, 0.1) is 6.92 Å². The Balaban J connectivity index is 0.000000471. The SMILES string of the molecule is Cc1ccccc1.NCCCCC(NC(=O)CN)C(=O)O. The Morgan fingerprint density at radius 1 is 1.19 bits per heavy atom. The molecule has 1 aromatic rings. The lowest BCUT2D eigenvalue weighted by atomic mass is 10.1. The highest BCUT2D eigenvalue weighted by molar-refractivity contribution is 5.84. The van der Waals surface area contributed by atoms with Gasteiger partial charge in [-0.25, -0.2) is 4.79 Å². The Labute approximate surface area is 125 Å². The van der Waals surface area contributed by atoms with E-state index in [2.05, 4.69) is 24.4 Å². The van der Waals surface area contributed by atoms with Gasteiger partial charge in [-0.1, -0.05) is 35.9 Å². The molecule has 1 unspecified atom stereocenters. The van der Waals surface area contributed by atoms with Gasteiger partial charge in [0.2, 0.25) is 5.91 Å². The van der Waals surface area contributed by atoms with Crippen LogP contribution < -0.4 is 16.8 Å². The normalized spacial score (nSPS) is 11.0. The van der Waals surface area contributed by atoms with E-state index in [0.29, 0.717) is 19.4 Å². The summed E-state index contributed by atoms with van der Waals surface area (Å²) < 4.78 is 0. The predicted molar refractivity (Wildman–Crippen MR) is 82.7 cm³/mol. The van der Waals surface area contributed by atoms with Gasteiger partial charge in [0.15, 0.2) is 0 Å². The van der Waals surface area contributed by atoms with Gasteiger partial charge in [0, 0.05) is 0 Å². The average Bonchev–Trinajstić information content (AvgIpc) is 2.47. The molecule has 0 saturated heterocycles. The minimum absolute atomic E-state index is 0.194. The molecule has 0 aliphatic rings. The molecule has 0 spiro atoms. The molecule has 6 N–H and O–H groups in total. The van der Waals surface area contributed by atoms with E-state index < -0.39 is 17.9 Å². The summed E-state index contributed by atoms with van der Waals surface area (Å²) in [6.07, 6.45) is 1.82. The summed E-state index contributed by atoms with van der Waals surface area (Å²) in [5, 5.41) is 11.1. The first kappa shape index (κ1) is 19.1. The quantitative estimate of drug-likeness (QED) is 0.550. The zero-order chi connectivity index (χ0) is 16.1. The van der Waals surface area contributed by atoms with Crippen LogP contribution in [-0.4, -0.2) is 36.1 Å². The van der Waals surface area contributed by atoms with Crippen molar-refractivity contribution < 1.29 is 14.7 Å². The highest BCUT2D eigenvalue weighted by atomic mass is 16.4. The molecule has 118 valence electrons. The standard InChI is InChI=1S/C8H17N3O3.C7H8/c9-4-2-1-3-6(8(13)14)11-7(12)5-10;1-7-5-3-2-4-6-7/h6H,1-5,9-10H2,(H,11,12)(H,13,14);2-6H,1H3. The number of aryl methyl sites for hydroxylation is 1. The Morgan fingerprint density at radius 2 is 1.81 bits per heavy atom. The summed E-state index contributed by atoms with van der Waals surface area (Å²) in [7, 11) is 0. The maximum atomic E-state index is 10.8. The molecule has 0 aromatic heterocycles. The minimum atomic E-state index is -1.04. The number of hydrogen-bond acceptors (Lipinski definition) is 4. The first-order valence-corrected chi connectivity index (χ1v) is 6.95. The largest absolute Gasteiger partial charge is 0.480 e. The second-order valence-electron chi connectivity index (χ2n) is 4.60. The molecule has 1 aromatic carbocycles. The molecule has 6 nitrogen and oxygen atoms in total. The first-order valence-electron chi connectivity index (χ1n) is 6.95. The number of benzene rings is 1. The third kappa shape index (κ3) is 10.5. The Bertz CT molecular complexity index is 410. The van der Waals surface area contributed by atoms with E-state index in [4.69, 9.17) is 16.6 Å². The smallest absolute Gasteiger partial charge is 0.326 e. The number of carboxylic acid groups (broad SMARTS) is 1. The number of nitrogens with two attached hydrogens (primary N) is 2. The Morgan fingerprint density at radius 3 is 2.19 bits per heavy atom. The van der Waals surface area contributed by atoms with Crippen molar-refractivity contribution in [1.29, 1.82) is 0 Å².